The highest BCUT2D eigenvalue weighted by atomic mass is 32.1. The SMILES string of the molecule is NC(=S)c1cc(F)cc([N+](=O)[O-])c1. The van der Waals surface area contributed by atoms with Crippen molar-refractivity contribution in [1.82, 2.24) is 0 Å². The Balaban J connectivity index is 3.26. The summed E-state index contributed by atoms with van der Waals surface area (Å²) in [6.45, 7) is 0. The second kappa shape index (κ2) is 3.44. The van der Waals surface area contributed by atoms with Gasteiger partial charge in [0.25, 0.3) is 5.69 Å². The fourth-order valence-electron chi connectivity index (χ4n) is 0.822. The molecular weight excluding hydrogens is 195 g/mol. The van der Waals surface area contributed by atoms with E-state index in [9.17, 15) is 14.5 Å². The van der Waals surface area contributed by atoms with E-state index in [1.54, 1.807) is 0 Å². The molecule has 4 nitrogen and oxygen atoms in total. The lowest BCUT2D eigenvalue weighted by Crippen LogP contribution is -2.10. The van der Waals surface area contributed by atoms with Crippen LogP contribution in [0.4, 0.5) is 10.1 Å². The maximum absolute atomic E-state index is 12.7. The fraction of sp³-hybridized carbons (Fsp3) is 0. The largest absolute Gasteiger partial charge is 0.389 e. The van der Waals surface area contributed by atoms with E-state index in [0.29, 0.717) is 0 Å². The second-order valence-corrected chi connectivity index (χ2v) is 2.76. The van der Waals surface area contributed by atoms with Crippen LogP contribution in [0.25, 0.3) is 0 Å². The van der Waals surface area contributed by atoms with Crippen LogP contribution in [0.5, 0.6) is 0 Å². The average molecular weight is 200 g/mol. The van der Waals surface area contributed by atoms with Crippen LogP contribution >= 0.6 is 12.2 Å². The van der Waals surface area contributed by atoms with Gasteiger partial charge in [0.15, 0.2) is 0 Å². The summed E-state index contributed by atoms with van der Waals surface area (Å²) in [5, 5.41) is 10.3. The number of nitro groups is 1. The number of non-ortho nitro benzene ring substituents is 1. The van der Waals surface area contributed by atoms with Crippen molar-refractivity contribution in [3.63, 3.8) is 0 Å². The number of nitrogens with zero attached hydrogens (tertiary/aromatic N) is 1. The van der Waals surface area contributed by atoms with Crippen molar-refractivity contribution < 1.29 is 9.31 Å². The standard InChI is InChI=1S/C7H5FN2O2S/c8-5-1-4(7(9)13)2-6(3-5)10(11)12/h1-3H,(H2,9,13). The number of nitro benzene ring substituents is 1. The van der Waals surface area contributed by atoms with E-state index in [1.165, 1.54) is 0 Å². The Morgan fingerprint density at radius 3 is 2.62 bits per heavy atom. The van der Waals surface area contributed by atoms with E-state index in [4.69, 9.17) is 5.73 Å². The van der Waals surface area contributed by atoms with E-state index in [-0.39, 0.29) is 16.2 Å². The predicted molar refractivity (Wildman–Crippen MR) is 48.9 cm³/mol. The highest BCUT2D eigenvalue weighted by Gasteiger charge is 2.10. The van der Waals surface area contributed by atoms with Gasteiger partial charge in [-0.3, -0.25) is 10.1 Å². The zero-order chi connectivity index (χ0) is 10.0. The summed E-state index contributed by atoms with van der Waals surface area (Å²) >= 11 is 4.56. The number of hydrogen-bond donors (Lipinski definition) is 1. The topological polar surface area (TPSA) is 69.2 Å². The highest BCUT2D eigenvalue weighted by Crippen LogP contribution is 2.15. The van der Waals surface area contributed by atoms with Gasteiger partial charge in [-0.15, -0.1) is 0 Å². The highest BCUT2D eigenvalue weighted by molar-refractivity contribution is 7.80. The molecule has 0 spiro atoms. The van der Waals surface area contributed by atoms with Crippen LogP contribution in [0.3, 0.4) is 0 Å². The molecule has 0 bridgehead atoms. The number of benzene rings is 1. The summed E-state index contributed by atoms with van der Waals surface area (Å²) in [6, 6.07) is 2.99. The summed E-state index contributed by atoms with van der Waals surface area (Å²) in [6.07, 6.45) is 0. The molecular formula is C7H5FN2O2S. The Labute approximate surface area is 78.3 Å². The summed E-state index contributed by atoms with van der Waals surface area (Å²) in [5.41, 5.74) is 4.99. The Bertz CT molecular complexity index is 349. The third kappa shape index (κ3) is 2.19. The lowest BCUT2D eigenvalue weighted by atomic mass is 10.2. The molecule has 1 rings (SSSR count). The van der Waals surface area contributed by atoms with Gasteiger partial charge in [0, 0.05) is 11.6 Å². The predicted octanol–water partition coefficient (Wildman–Crippen LogP) is 1.37. The smallest absolute Gasteiger partial charge is 0.273 e. The first-order valence-corrected chi connectivity index (χ1v) is 3.66. The number of nitrogens with two attached hydrogens (primary N) is 1. The van der Waals surface area contributed by atoms with Crippen molar-refractivity contribution in [3.8, 4) is 0 Å². The van der Waals surface area contributed by atoms with Gasteiger partial charge in [0.1, 0.15) is 10.8 Å². The van der Waals surface area contributed by atoms with Crippen molar-refractivity contribution in [3.05, 3.63) is 39.7 Å². The van der Waals surface area contributed by atoms with Crippen LogP contribution in [-0.2, 0) is 0 Å². The molecule has 1 aromatic rings. The molecule has 1 aromatic carbocycles. The molecule has 13 heavy (non-hydrogen) atoms. The fourth-order valence-corrected chi connectivity index (χ4v) is 0.940. The van der Waals surface area contributed by atoms with Gasteiger partial charge >= 0.3 is 0 Å². The minimum Gasteiger partial charge on any atom is -0.389 e. The second-order valence-electron chi connectivity index (χ2n) is 2.32. The monoisotopic (exact) mass is 200 g/mol. The minimum absolute atomic E-state index is 0.0670. The molecule has 0 atom stereocenters. The molecule has 0 aromatic heterocycles. The lowest BCUT2D eigenvalue weighted by molar-refractivity contribution is -0.385. The van der Waals surface area contributed by atoms with Crippen molar-refractivity contribution >= 4 is 22.9 Å². The number of halogens is 1. The first kappa shape index (κ1) is 9.53. The van der Waals surface area contributed by atoms with Crippen molar-refractivity contribution in [2.75, 3.05) is 0 Å². The van der Waals surface area contributed by atoms with Crippen LogP contribution in [0.1, 0.15) is 5.56 Å². The van der Waals surface area contributed by atoms with E-state index >= 15 is 0 Å². The number of thiocarbonyl (C=S) groups is 1. The maximum Gasteiger partial charge on any atom is 0.273 e. The summed E-state index contributed by atoms with van der Waals surface area (Å²) in [5.74, 6) is -0.725. The minimum atomic E-state index is -0.725. The van der Waals surface area contributed by atoms with E-state index < -0.39 is 10.7 Å². The number of rotatable bonds is 2. The lowest BCUT2D eigenvalue weighted by Gasteiger charge is -1.98. The Morgan fingerprint density at radius 1 is 1.54 bits per heavy atom. The molecule has 0 aliphatic heterocycles. The molecule has 0 saturated carbocycles. The van der Waals surface area contributed by atoms with E-state index in [1.807, 2.05) is 0 Å². The van der Waals surface area contributed by atoms with Crippen molar-refractivity contribution in [2.24, 2.45) is 5.73 Å². The van der Waals surface area contributed by atoms with Gasteiger partial charge in [-0.25, -0.2) is 4.39 Å². The molecule has 0 unspecified atom stereocenters. The van der Waals surface area contributed by atoms with Crippen LogP contribution < -0.4 is 5.73 Å². The molecule has 0 aliphatic rings. The van der Waals surface area contributed by atoms with Crippen molar-refractivity contribution in [2.45, 2.75) is 0 Å². The number of hydrogen-bond acceptors (Lipinski definition) is 3. The van der Waals surface area contributed by atoms with Gasteiger partial charge in [0.05, 0.1) is 11.0 Å². The Kier molecular flexibility index (Phi) is 2.52. The normalized spacial score (nSPS) is 9.62. The van der Waals surface area contributed by atoms with Crippen LogP contribution in [0.15, 0.2) is 18.2 Å². The van der Waals surface area contributed by atoms with Gasteiger partial charge in [0.2, 0.25) is 0 Å². The first-order valence-electron chi connectivity index (χ1n) is 3.25. The summed E-state index contributed by atoms with van der Waals surface area (Å²) < 4.78 is 12.7. The molecule has 6 heteroatoms. The zero-order valence-electron chi connectivity index (χ0n) is 6.36. The quantitative estimate of drug-likeness (QED) is 0.444. The molecule has 0 heterocycles. The molecule has 0 saturated heterocycles. The Morgan fingerprint density at radius 2 is 2.15 bits per heavy atom. The van der Waals surface area contributed by atoms with Gasteiger partial charge in [-0.1, -0.05) is 12.2 Å². The first-order chi connectivity index (χ1) is 6.00. The maximum atomic E-state index is 12.7. The molecule has 2 N–H and O–H groups in total. The summed E-state index contributed by atoms with van der Waals surface area (Å²) in [7, 11) is 0. The van der Waals surface area contributed by atoms with Crippen molar-refractivity contribution in [1.29, 1.82) is 0 Å². The van der Waals surface area contributed by atoms with Crippen LogP contribution in [0, 0.1) is 15.9 Å². The van der Waals surface area contributed by atoms with Crippen LogP contribution in [-0.4, -0.2) is 9.91 Å². The molecule has 68 valence electrons. The third-order valence-corrected chi connectivity index (χ3v) is 1.61. The molecule has 0 fully saturated rings. The molecule has 0 aliphatic carbocycles. The third-order valence-electron chi connectivity index (χ3n) is 1.38. The van der Waals surface area contributed by atoms with Gasteiger partial charge < -0.3 is 5.73 Å². The van der Waals surface area contributed by atoms with Gasteiger partial charge in [-0.05, 0) is 6.07 Å². The van der Waals surface area contributed by atoms with Gasteiger partial charge in [-0.2, -0.15) is 0 Å². The Hall–Kier alpha value is -1.56. The molecule has 0 amide bonds. The average Bonchev–Trinajstić information content (AvgIpc) is 2.03. The molecule has 0 radical (unpaired) electrons. The van der Waals surface area contributed by atoms with Crippen LogP contribution in [0.2, 0.25) is 0 Å². The van der Waals surface area contributed by atoms with E-state index in [2.05, 4.69) is 12.2 Å². The summed E-state index contributed by atoms with van der Waals surface area (Å²) in [4.78, 5) is 9.51. The van der Waals surface area contributed by atoms with E-state index in [0.717, 1.165) is 18.2 Å². The zero-order valence-corrected chi connectivity index (χ0v) is 7.18.